The van der Waals surface area contributed by atoms with Gasteiger partial charge in [-0.15, -0.1) is 0 Å². The van der Waals surface area contributed by atoms with Crippen molar-refractivity contribution in [2.75, 3.05) is 17.7 Å². The minimum absolute atomic E-state index is 0.107. The number of alkyl halides is 2. The predicted octanol–water partition coefficient (Wildman–Crippen LogP) is 5.51. The number of amides is 2. The Kier molecular flexibility index (Phi) is 7.75. The monoisotopic (exact) mass is 452 g/mol. The molecule has 0 bridgehead atoms. The molecule has 0 aromatic heterocycles. The van der Waals surface area contributed by atoms with E-state index in [4.69, 9.17) is 4.74 Å². The van der Waals surface area contributed by atoms with Crippen molar-refractivity contribution in [1.82, 2.24) is 0 Å². The summed E-state index contributed by atoms with van der Waals surface area (Å²) < 4.78 is 34.3. The van der Waals surface area contributed by atoms with Crippen LogP contribution in [0.1, 0.15) is 21.5 Å². The molecular formula is C25H22F2N2O4. The van der Waals surface area contributed by atoms with Crippen LogP contribution >= 0.6 is 0 Å². The third-order valence-electron chi connectivity index (χ3n) is 4.54. The molecule has 0 spiro atoms. The lowest BCUT2D eigenvalue weighted by atomic mass is 10.1. The summed E-state index contributed by atoms with van der Waals surface area (Å²) in [7, 11) is 1.33. The van der Waals surface area contributed by atoms with E-state index in [1.807, 2.05) is 25.1 Å². The Labute approximate surface area is 189 Å². The third-order valence-corrected chi connectivity index (χ3v) is 4.54. The van der Waals surface area contributed by atoms with Gasteiger partial charge in [0.05, 0.1) is 18.4 Å². The molecule has 3 aromatic rings. The topological polar surface area (TPSA) is 76.7 Å². The number of benzene rings is 3. The molecule has 0 aliphatic carbocycles. The smallest absolute Gasteiger partial charge is 0.387 e. The van der Waals surface area contributed by atoms with Gasteiger partial charge in [-0.3, -0.25) is 9.59 Å². The average molecular weight is 452 g/mol. The molecule has 3 aromatic carbocycles. The fourth-order valence-electron chi connectivity index (χ4n) is 3.04. The molecule has 0 unspecified atom stereocenters. The number of aryl methyl sites for hydroxylation is 1. The fraction of sp³-hybridized carbons (Fsp3) is 0.120. The number of methoxy groups -OCH3 is 1. The first-order valence-electron chi connectivity index (χ1n) is 9.94. The number of hydrogen-bond donors (Lipinski definition) is 2. The van der Waals surface area contributed by atoms with Crippen LogP contribution in [0.25, 0.3) is 6.08 Å². The summed E-state index contributed by atoms with van der Waals surface area (Å²) in [6.07, 6.45) is 2.75. The van der Waals surface area contributed by atoms with Gasteiger partial charge in [0.1, 0.15) is 0 Å². The zero-order chi connectivity index (χ0) is 23.8. The molecule has 0 saturated carbocycles. The molecular weight excluding hydrogens is 430 g/mol. The number of nitrogens with one attached hydrogen (secondary N) is 2. The molecule has 170 valence electrons. The Morgan fingerprint density at radius 3 is 2.45 bits per heavy atom. The van der Waals surface area contributed by atoms with Crippen molar-refractivity contribution in [3.05, 3.63) is 89.5 Å². The normalized spacial score (nSPS) is 10.8. The van der Waals surface area contributed by atoms with Gasteiger partial charge < -0.3 is 20.1 Å². The summed E-state index contributed by atoms with van der Waals surface area (Å²) in [5.74, 6) is -0.837. The van der Waals surface area contributed by atoms with Crippen LogP contribution in [0.3, 0.4) is 0 Å². The Bertz CT molecular complexity index is 1180. The highest BCUT2D eigenvalue weighted by Crippen LogP contribution is 2.30. The van der Waals surface area contributed by atoms with Crippen LogP contribution in [0.2, 0.25) is 0 Å². The van der Waals surface area contributed by atoms with Gasteiger partial charge in [-0.05, 0) is 60.5 Å². The summed E-state index contributed by atoms with van der Waals surface area (Å²) in [5, 5.41) is 5.50. The average Bonchev–Trinajstić information content (AvgIpc) is 2.78. The highest BCUT2D eigenvalue weighted by Gasteiger charge is 2.13. The minimum atomic E-state index is -2.98. The lowest BCUT2D eigenvalue weighted by Gasteiger charge is -2.11. The summed E-state index contributed by atoms with van der Waals surface area (Å²) in [6.45, 7) is -1.06. The minimum Gasteiger partial charge on any atom is -0.493 e. The van der Waals surface area contributed by atoms with Gasteiger partial charge in [0.15, 0.2) is 11.5 Å². The molecule has 2 N–H and O–H groups in total. The highest BCUT2D eigenvalue weighted by molar-refractivity contribution is 6.11. The van der Waals surface area contributed by atoms with E-state index >= 15 is 0 Å². The summed E-state index contributed by atoms with van der Waals surface area (Å²) in [5.41, 5.74) is 2.83. The van der Waals surface area contributed by atoms with Gasteiger partial charge in [-0.2, -0.15) is 8.78 Å². The van der Waals surface area contributed by atoms with E-state index in [1.54, 1.807) is 30.3 Å². The first kappa shape index (κ1) is 23.5. The van der Waals surface area contributed by atoms with Gasteiger partial charge in [-0.1, -0.05) is 30.3 Å². The molecule has 0 aliphatic heterocycles. The zero-order valence-corrected chi connectivity index (χ0v) is 18.0. The summed E-state index contributed by atoms with van der Waals surface area (Å²) >= 11 is 0. The number of anilines is 2. The predicted molar refractivity (Wildman–Crippen MR) is 123 cm³/mol. The second-order valence-corrected chi connectivity index (χ2v) is 6.98. The Balaban J connectivity index is 1.71. The second kappa shape index (κ2) is 10.9. The molecule has 6 nitrogen and oxygen atoms in total. The van der Waals surface area contributed by atoms with E-state index in [9.17, 15) is 18.4 Å². The molecule has 3 rings (SSSR count). The van der Waals surface area contributed by atoms with E-state index in [0.29, 0.717) is 22.5 Å². The molecule has 0 heterocycles. The Morgan fingerprint density at radius 2 is 1.73 bits per heavy atom. The summed E-state index contributed by atoms with van der Waals surface area (Å²) in [4.78, 5) is 25.2. The number of halogens is 2. The van der Waals surface area contributed by atoms with Crippen molar-refractivity contribution >= 4 is 29.3 Å². The number of ether oxygens (including phenoxy) is 2. The van der Waals surface area contributed by atoms with E-state index in [-0.39, 0.29) is 17.4 Å². The number of para-hydroxylation sites is 1. The molecule has 33 heavy (non-hydrogen) atoms. The van der Waals surface area contributed by atoms with Crippen LogP contribution in [-0.4, -0.2) is 25.5 Å². The molecule has 0 aliphatic rings. The molecule has 2 amide bonds. The van der Waals surface area contributed by atoms with Crippen molar-refractivity contribution in [1.29, 1.82) is 0 Å². The van der Waals surface area contributed by atoms with Crippen LogP contribution in [-0.2, 0) is 4.79 Å². The second-order valence-electron chi connectivity index (χ2n) is 6.98. The summed E-state index contributed by atoms with van der Waals surface area (Å²) in [6, 6.07) is 18.3. The van der Waals surface area contributed by atoms with Gasteiger partial charge in [0, 0.05) is 11.8 Å². The van der Waals surface area contributed by atoms with Crippen LogP contribution in [0, 0.1) is 6.92 Å². The number of hydrogen-bond acceptors (Lipinski definition) is 4. The maximum absolute atomic E-state index is 12.7. The van der Waals surface area contributed by atoms with Gasteiger partial charge >= 0.3 is 6.61 Å². The number of rotatable bonds is 8. The fourth-order valence-corrected chi connectivity index (χ4v) is 3.04. The Morgan fingerprint density at radius 1 is 0.939 bits per heavy atom. The Hall–Kier alpha value is -4.20. The van der Waals surface area contributed by atoms with E-state index in [0.717, 1.165) is 5.56 Å². The maximum Gasteiger partial charge on any atom is 0.387 e. The van der Waals surface area contributed by atoms with Crippen LogP contribution in [0.15, 0.2) is 72.8 Å². The van der Waals surface area contributed by atoms with Crippen molar-refractivity contribution in [2.45, 2.75) is 13.5 Å². The first-order valence-corrected chi connectivity index (χ1v) is 9.94. The molecule has 0 saturated heterocycles. The third kappa shape index (κ3) is 6.64. The largest absolute Gasteiger partial charge is 0.493 e. The van der Waals surface area contributed by atoms with E-state index in [2.05, 4.69) is 15.4 Å². The maximum atomic E-state index is 12.7. The molecule has 0 radical (unpaired) electrons. The van der Waals surface area contributed by atoms with Crippen LogP contribution in [0.4, 0.5) is 20.2 Å². The number of carbonyl (C=O) groups excluding carboxylic acids is 2. The van der Waals surface area contributed by atoms with Crippen molar-refractivity contribution in [3.8, 4) is 11.5 Å². The highest BCUT2D eigenvalue weighted by atomic mass is 19.3. The molecule has 0 atom stereocenters. The quantitative estimate of drug-likeness (QED) is 0.442. The SMILES string of the molecule is COc1cc(/C=C/C(=O)Nc2ccccc2C(=O)Nc2cccc(C)c2)ccc1OC(F)F. The lowest BCUT2D eigenvalue weighted by Crippen LogP contribution is -2.17. The molecule has 0 fully saturated rings. The van der Waals surface area contributed by atoms with E-state index in [1.165, 1.54) is 37.5 Å². The van der Waals surface area contributed by atoms with E-state index < -0.39 is 12.5 Å². The van der Waals surface area contributed by atoms with Crippen molar-refractivity contribution in [2.24, 2.45) is 0 Å². The van der Waals surface area contributed by atoms with Gasteiger partial charge in [0.2, 0.25) is 5.91 Å². The van der Waals surface area contributed by atoms with Crippen molar-refractivity contribution < 1.29 is 27.8 Å². The van der Waals surface area contributed by atoms with Crippen LogP contribution in [0.5, 0.6) is 11.5 Å². The standard InChI is InChI=1S/C25H22F2N2O4/c1-16-6-5-7-18(14-16)28-24(31)19-8-3-4-9-20(19)29-23(30)13-11-17-10-12-21(33-25(26)27)22(15-17)32-2/h3-15,25H,1-2H3,(H,28,31)(H,29,30)/b13-11+. The zero-order valence-electron chi connectivity index (χ0n) is 18.0. The van der Waals surface area contributed by atoms with Gasteiger partial charge in [0.25, 0.3) is 5.91 Å². The molecule has 8 heteroatoms. The lowest BCUT2D eigenvalue weighted by molar-refractivity contribution is -0.111. The van der Waals surface area contributed by atoms with Gasteiger partial charge in [-0.25, -0.2) is 0 Å². The van der Waals surface area contributed by atoms with Crippen LogP contribution < -0.4 is 20.1 Å². The first-order chi connectivity index (χ1) is 15.9. The number of carbonyl (C=O) groups is 2. The van der Waals surface area contributed by atoms with Crippen molar-refractivity contribution in [3.63, 3.8) is 0 Å².